The van der Waals surface area contributed by atoms with Crippen LogP contribution in [0, 0.1) is 0 Å². The van der Waals surface area contributed by atoms with E-state index in [1.54, 1.807) is 11.1 Å². The fourth-order valence-corrected chi connectivity index (χ4v) is 2.40. The van der Waals surface area contributed by atoms with Crippen LogP contribution in [0.4, 0.5) is 0 Å². The number of oxazole rings is 1. The van der Waals surface area contributed by atoms with Gasteiger partial charge < -0.3 is 14.4 Å². The number of aryl methyl sites for hydroxylation is 1. The van der Waals surface area contributed by atoms with Gasteiger partial charge >= 0.3 is 5.97 Å². The van der Waals surface area contributed by atoms with Crippen LogP contribution in [0.1, 0.15) is 32.1 Å². The van der Waals surface area contributed by atoms with Crippen molar-refractivity contribution in [3.8, 4) is 11.3 Å². The van der Waals surface area contributed by atoms with E-state index in [0.29, 0.717) is 37.5 Å². The van der Waals surface area contributed by atoms with Crippen molar-refractivity contribution in [1.82, 2.24) is 9.88 Å². The van der Waals surface area contributed by atoms with Crippen LogP contribution in [0.5, 0.6) is 0 Å². The highest BCUT2D eigenvalue weighted by Crippen LogP contribution is 2.20. The lowest BCUT2D eigenvalue weighted by atomic mass is 10.2. The fourth-order valence-electron chi connectivity index (χ4n) is 2.40. The first-order valence-electron chi connectivity index (χ1n) is 8.10. The lowest BCUT2D eigenvalue weighted by Gasteiger charge is -2.19. The van der Waals surface area contributed by atoms with Crippen molar-refractivity contribution in [2.24, 2.45) is 0 Å². The summed E-state index contributed by atoms with van der Waals surface area (Å²) in [5.74, 6) is 0.395. The number of hydrogen-bond acceptors (Lipinski definition) is 4. The number of carbonyl (C=O) groups excluding carboxylic acids is 1. The van der Waals surface area contributed by atoms with Gasteiger partial charge in [-0.1, -0.05) is 30.3 Å². The number of carbonyl (C=O) groups is 2. The van der Waals surface area contributed by atoms with Gasteiger partial charge in [0, 0.05) is 31.5 Å². The number of carboxylic acids is 1. The number of nitrogens with zero attached hydrogens (tertiary/aromatic N) is 2. The van der Waals surface area contributed by atoms with Crippen LogP contribution in [0.15, 0.2) is 40.9 Å². The molecule has 2 aromatic rings. The molecule has 0 bridgehead atoms. The molecule has 24 heavy (non-hydrogen) atoms. The summed E-state index contributed by atoms with van der Waals surface area (Å²) in [6.45, 7) is 2.62. The van der Waals surface area contributed by atoms with Gasteiger partial charge in [-0.05, 0) is 13.3 Å². The molecule has 6 heteroatoms. The largest absolute Gasteiger partial charge is 0.481 e. The van der Waals surface area contributed by atoms with E-state index in [2.05, 4.69) is 4.98 Å². The fraction of sp³-hybridized carbons (Fsp3) is 0.389. The molecule has 0 aliphatic rings. The normalized spacial score (nSPS) is 10.5. The predicted octanol–water partition coefficient (Wildman–Crippen LogP) is 2.99. The summed E-state index contributed by atoms with van der Waals surface area (Å²) in [5.41, 5.74) is 0.971. The molecular weight excluding hydrogens is 308 g/mol. The van der Waals surface area contributed by atoms with E-state index >= 15 is 0 Å². The molecule has 1 N–H and O–H groups in total. The minimum atomic E-state index is -0.894. The highest BCUT2D eigenvalue weighted by Gasteiger charge is 2.13. The molecule has 0 spiro atoms. The average molecular weight is 330 g/mol. The summed E-state index contributed by atoms with van der Waals surface area (Å²) >= 11 is 0. The van der Waals surface area contributed by atoms with E-state index in [9.17, 15) is 9.59 Å². The molecule has 1 aromatic carbocycles. The first-order valence-corrected chi connectivity index (χ1v) is 8.10. The zero-order valence-electron chi connectivity index (χ0n) is 13.8. The maximum atomic E-state index is 12.1. The molecule has 0 saturated heterocycles. The molecule has 0 aliphatic heterocycles. The molecule has 1 aromatic heterocycles. The van der Waals surface area contributed by atoms with Gasteiger partial charge in [0.1, 0.15) is 0 Å². The minimum absolute atomic E-state index is 0.0280. The van der Waals surface area contributed by atoms with Gasteiger partial charge in [0.15, 0.2) is 11.7 Å². The number of aliphatic carboxylic acids is 1. The lowest BCUT2D eigenvalue weighted by Crippen LogP contribution is -2.32. The van der Waals surface area contributed by atoms with Crippen LogP contribution in [0.2, 0.25) is 0 Å². The molecule has 0 atom stereocenters. The van der Waals surface area contributed by atoms with E-state index in [1.165, 1.54) is 0 Å². The monoisotopic (exact) mass is 330 g/mol. The Morgan fingerprint density at radius 2 is 1.96 bits per heavy atom. The second kappa shape index (κ2) is 8.86. The average Bonchev–Trinajstić information content (AvgIpc) is 3.05. The van der Waals surface area contributed by atoms with Crippen LogP contribution in [0.3, 0.4) is 0 Å². The maximum absolute atomic E-state index is 12.1. The second-order valence-corrected chi connectivity index (χ2v) is 5.45. The lowest BCUT2D eigenvalue weighted by molar-refractivity contribution is -0.138. The van der Waals surface area contributed by atoms with Crippen LogP contribution < -0.4 is 0 Å². The minimum Gasteiger partial charge on any atom is -0.481 e. The Balaban J connectivity index is 1.80. The smallest absolute Gasteiger partial charge is 0.305 e. The quantitative estimate of drug-likeness (QED) is 0.764. The van der Waals surface area contributed by atoms with Gasteiger partial charge in [0.25, 0.3) is 0 Å². The summed E-state index contributed by atoms with van der Waals surface area (Å²) in [5, 5.41) is 8.70. The standard InChI is InChI=1S/C18H22N2O4/c1-2-20(12-11-18(22)23)17(21)10-6-9-16-19-13-15(24-16)14-7-4-3-5-8-14/h3-5,7-8,13H,2,6,9-12H2,1H3,(H,22,23). The molecule has 0 aliphatic carbocycles. The van der Waals surface area contributed by atoms with Crippen molar-refractivity contribution in [3.63, 3.8) is 0 Å². The van der Waals surface area contributed by atoms with E-state index in [0.717, 1.165) is 5.56 Å². The summed E-state index contributed by atoms with van der Waals surface area (Å²) < 4.78 is 5.70. The first kappa shape index (κ1) is 17.7. The molecule has 0 fully saturated rings. The third-order valence-electron chi connectivity index (χ3n) is 3.72. The molecule has 128 valence electrons. The molecule has 0 saturated carbocycles. The zero-order valence-corrected chi connectivity index (χ0v) is 13.8. The third-order valence-corrected chi connectivity index (χ3v) is 3.72. The van der Waals surface area contributed by atoms with Crippen molar-refractivity contribution >= 4 is 11.9 Å². The van der Waals surface area contributed by atoms with Crippen molar-refractivity contribution in [1.29, 1.82) is 0 Å². The number of rotatable bonds is 9. The Morgan fingerprint density at radius 3 is 2.62 bits per heavy atom. The maximum Gasteiger partial charge on any atom is 0.305 e. The van der Waals surface area contributed by atoms with E-state index in [-0.39, 0.29) is 18.9 Å². The molecule has 0 radical (unpaired) electrons. The van der Waals surface area contributed by atoms with Crippen molar-refractivity contribution in [2.45, 2.75) is 32.6 Å². The predicted molar refractivity (Wildman–Crippen MR) is 89.4 cm³/mol. The molecule has 1 amide bonds. The topological polar surface area (TPSA) is 83.6 Å². The van der Waals surface area contributed by atoms with Crippen molar-refractivity contribution in [2.75, 3.05) is 13.1 Å². The Kier molecular flexibility index (Phi) is 6.54. The summed E-state index contributed by atoms with van der Waals surface area (Å²) in [6.07, 6.45) is 3.22. The van der Waals surface area contributed by atoms with Crippen LogP contribution >= 0.6 is 0 Å². The van der Waals surface area contributed by atoms with Gasteiger partial charge in [-0.3, -0.25) is 9.59 Å². The van der Waals surface area contributed by atoms with Gasteiger partial charge in [0.05, 0.1) is 12.6 Å². The molecule has 0 unspecified atom stereocenters. The summed E-state index contributed by atoms with van der Waals surface area (Å²) in [4.78, 5) is 28.5. The van der Waals surface area contributed by atoms with Crippen LogP contribution in [-0.4, -0.2) is 40.0 Å². The number of carboxylic acid groups (broad SMARTS) is 1. The number of hydrogen-bond donors (Lipinski definition) is 1. The van der Waals surface area contributed by atoms with Gasteiger partial charge in [0.2, 0.25) is 5.91 Å². The Hall–Kier alpha value is -2.63. The number of benzene rings is 1. The first-order chi connectivity index (χ1) is 11.6. The van der Waals surface area contributed by atoms with Gasteiger partial charge in [-0.25, -0.2) is 4.98 Å². The highest BCUT2D eigenvalue weighted by atomic mass is 16.4. The van der Waals surface area contributed by atoms with Crippen LogP contribution in [-0.2, 0) is 16.0 Å². The highest BCUT2D eigenvalue weighted by molar-refractivity contribution is 5.77. The molecule has 2 rings (SSSR count). The molecule has 6 nitrogen and oxygen atoms in total. The summed E-state index contributed by atoms with van der Waals surface area (Å²) in [7, 11) is 0. The number of amides is 1. The Labute approximate surface area is 141 Å². The summed E-state index contributed by atoms with van der Waals surface area (Å²) in [6, 6.07) is 9.72. The zero-order chi connectivity index (χ0) is 17.4. The molecular formula is C18H22N2O4. The third kappa shape index (κ3) is 5.22. The van der Waals surface area contributed by atoms with E-state index in [4.69, 9.17) is 9.52 Å². The van der Waals surface area contributed by atoms with Gasteiger partial charge in [-0.2, -0.15) is 0 Å². The second-order valence-electron chi connectivity index (χ2n) is 5.45. The Morgan fingerprint density at radius 1 is 1.21 bits per heavy atom. The number of aromatic nitrogens is 1. The SMILES string of the molecule is CCN(CCC(=O)O)C(=O)CCCc1ncc(-c2ccccc2)o1. The molecule has 1 heterocycles. The van der Waals surface area contributed by atoms with Gasteiger partial charge in [-0.15, -0.1) is 0 Å². The van der Waals surface area contributed by atoms with E-state index < -0.39 is 5.97 Å². The van der Waals surface area contributed by atoms with Crippen molar-refractivity contribution in [3.05, 3.63) is 42.4 Å². The Bertz CT molecular complexity index is 667. The van der Waals surface area contributed by atoms with Crippen molar-refractivity contribution < 1.29 is 19.1 Å². The van der Waals surface area contributed by atoms with E-state index in [1.807, 2.05) is 37.3 Å². The van der Waals surface area contributed by atoms with Crippen LogP contribution in [0.25, 0.3) is 11.3 Å².